The van der Waals surface area contributed by atoms with Crippen molar-refractivity contribution in [3.05, 3.63) is 59.4 Å². The molecule has 2 N–H and O–H groups in total. The largest absolute Gasteiger partial charge is 0.322 e. The first-order valence-corrected chi connectivity index (χ1v) is 7.47. The second-order valence-electron chi connectivity index (χ2n) is 6.69. The van der Waals surface area contributed by atoms with Crippen LogP contribution in [0, 0.1) is 17.1 Å². The standard InChI is InChI=1S/C19H19FN2/c1-18(2,22)14-5-3-13(4-6-14)16-8-7-15(11-17(16)20)19(12-21)9-10-19/h3-8,11H,9-10,22H2,1-2H3. The molecule has 0 saturated heterocycles. The van der Waals surface area contributed by atoms with E-state index in [0.717, 1.165) is 29.5 Å². The van der Waals surface area contributed by atoms with Crippen LogP contribution in [-0.4, -0.2) is 0 Å². The summed E-state index contributed by atoms with van der Waals surface area (Å²) in [6, 6.07) is 15.1. The quantitative estimate of drug-likeness (QED) is 0.920. The maximum absolute atomic E-state index is 14.4. The van der Waals surface area contributed by atoms with Gasteiger partial charge in [0.2, 0.25) is 0 Å². The number of hydrogen-bond acceptors (Lipinski definition) is 2. The van der Waals surface area contributed by atoms with Crippen molar-refractivity contribution in [3.63, 3.8) is 0 Å². The van der Waals surface area contributed by atoms with Crippen LogP contribution in [-0.2, 0) is 11.0 Å². The van der Waals surface area contributed by atoms with Gasteiger partial charge in [0.15, 0.2) is 0 Å². The van der Waals surface area contributed by atoms with Crippen LogP contribution in [0.5, 0.6) is 0 Å². The lowest BCUT2D eigenvalue weighted by Gasteiger charge is -2.19. The first-order valence-electron chi connectivity index (χ1n) is 7.47. The number of rotatable bonds is 3. The van der Waals surface area contributed by atoms with Crippen LogP contribution < -0.4 is 5.73 Å². The van der Waals surface area contributed by atoms with Gasteiger partial charge in [-0.25, -0.2) is 4.39 Å². The molecule has 0 radical (unpaired) electrons. The molecular formula is C19H19FN2. The van der Waals surface area contributed by atoms with E-state index in [2.05, 4.69) is 6.07 Å². The minimum atomic E-state index is -0.452. The van der Waals surface area contributed by atoms with Gasteiger partial charge in [-0.15, -0.1) is 0 Å². The molecular weight excluding hydrogens is 275 g/mol. The molecule has 3 heteroatoms. The summed E-state index contributed by atoms with van der Waals surface area (Å²) >= 11 is 0. The number of hydrogen-bond donors (Lipinski definition) is 1. The molecule has 1 fully saturated rings. The molecule has 3 rings (SSSR count). The van der Waals surface area contributed by atoms with Crippen molar-refractivity contribution < 1.29 is 4.39 Å². The van der Waals surface area contributed by atoms with Gasteiger partial charge >= 0.3 is 0 Å². The van der Waals surface area contributed by atoms with Crippen molar-refractivity contribution in [2.75, 3.05) is 0 Å². The second kappa shape index (κ2) is 4.93. The maximum atomic E-state index is 14.4. The number of nitrogens with two attached hydrogens (primary N) is 1. The lowest BCUT2D eigenvalue weighted by atomic mass is 9.92. The Balaban J connectivity index is 1.94. The smallest absolute Gasteiger partial charge is 0.131 e. The normalized spacial score (nSPS) is 16.1. The molecule has 0 bridgehead atoms. The summed E-state index contributed by atoms with van der Waals surface area (Å²) in [5.74, 6) is -0.279. The van der Waals surface area contributed by atoms with Crippen LogP contribution in [0.25, 0.3) is 11.1 Å². The molecule has 1 saturated carbocycles. The number of nitrogens with zero attached hydrogens (tertiary/aromatic N) is 1. The van der Waals surface area contributed by atoms with Gasteiger partial charge in [-0.2, -0.15) is 5.26 Å². The molecule has 0 heterocycles. The second-order valence-corrected chi connectivity index (χ2v) is 6.69. The highest BCUT2D eigenvalue weighted by molar-refractivity contribution is 5.65. The Morgan fingerprint density at radius 1 is 1.14 bits per heavy atom. The lowest BCUT2D eigenvalue weighted by Crippen LogP contribution is -2.28. The Morgan fingerprint density at radius 2 is 1.77 bits per heavy atom. The van der Waals surface area contributed by atoms with E-state index in [1.165, 1.54) is 6.07 Å². The molecule has 1 aliphatic carbocycles. The third kappa shape index (κ3) is 2.51. The molecule has 0 aliphatic heterocycles. The first kappa shape index (κ1) is 14.7. The summed E-state index contributed by atoms with van der Waals surface area (Å²) in [6.45, 7) is 3.88. The SMILES string of the molecule is CC(C)(N)c1ccc(-c2ccc(C3(C#N)CC3)cc2F)cc1. The van der Waals surface area contributed by atoms with E-state index >= 15 is 0 Å². The molecule has 112 valence electrons. The molecule has 1 aliphatic rings. The number of halogens is 1. The summed E-state index contributed by atoms with van der Waals surface area (Å²) in [4.78, 5) is 0. The van der Waals surface area contributed by atoms with Crippen LogP contribution in [0.1, 0.15) is 37.8 Å². The predicted octanol–water partition coefficient (Wildman–Crippen LogP) is 4.24. The molecule has 0 unspecified atom stereocenters. The highest BCUT2D eigenvalue weighted by Crippen LogP contribution is 2.48. The van der Waals surface area contributed by atoms with Crippen molar-refractivity contribution >= 4 is 0 Å². The summed E-state index contributed by atoms with van der Waals surface area (Å²) in [6.07, 6.45) is 1.64. The van der Waals surface area contributed by atoms with E-state index in [9.17, 15) is 9.65 Å². The van der Waals surface area contributed by atoms with Gasteiger partial charge in [-0.05, 0) is 49.4 Å². The number of nitriles is 1. The van der Waals surface area contributed by atoms with E-state index in [1.807, 2.05) is 44.2 Å². The Kier molecular flexibility index (Phi) is 3.30. The molecule has 2 aromatic rings. The van der Waals surface area contributed by atoms with Gasteiger partial charge in [0.05, 0.1) is 11.5 Å². The Hall–Kier alpha value is -2.18. The average molecular weight is 294 g/mol. The minimum absolute atomic E-state index is 0.279. The summed E-state index contributed by atoms with van der Waals surface area (Å²) in [5, 5.41) is 9.21. The van der Waals surface area contributed by atoms with Crippen LogP contribution in [0.4, 0.5) is 4.39 Å². The van der Waals surface area contributed by atoms with Crippen molar-refractivity contribution in [2.24, 2.45) is 5.73 Å². The van der Waals surface area contributed by atoms with Gasteiger partial charge in [-0.1, -0.05) is 36.4 Å². The highest BCUT2D eigenvalue weighted by Gasteiger charge is 2.45. The molecule has 0 atom stereocenters. The Bertz CT molecular complexity index is 744. The summed E-state index contributed by atoms with van der Waals surface area (Å²) in [5.41, 5.74) is 8.37. The van der Waals surface area contributed by atoms with Gasteiger partial charge in [-0.3, -0.25) is 0 Å². The van der Waals surface area contributed by atoms with Crippen LogP contribution in [0.15, 0.2) is 42.5 Å². The topological polar surface area (TPSA) is 49.8 Å². The van der Waals surface area contributed by atoms with Crippen molar-refractivity contribution in [3.8, 4) is 17.2 Å². The van der Waals surface area contributed by atoms with Gasteiger partial charge < -0.3 is 5.73 Å². The zero-order valence-electron chi connectivity index (χ0n) is 12.9. The van der Waals surface area contributed by atoms with Crippen molar-refractivity contribution in [1.29, 1.82) is 5.26 Å². The fraction of sp³-hybridized carbons (Fsp3) is 0.316. The number of benzene rings is 2. The summed E-state index contributed by atoms with van der Waals surface area (Å²) < 4.78 is 14.4. The third-order valence-electron chi connectivity index (χ3n) is 4.43. The zero-order chi connectivity index (χ0) is 16.0. The minimum Gasteiger partial charge on any atom is -0.322 e. The van der Waals surface area contributed by atoms with Gasteiger partial charge in [0.25, 0.3) is 0 Å². The fourth-order valence-electron chi connectivity index (χ4n) is 2.72. The average Bonchev–Trinajstić information content (AvgIpc) is 3.27. The molecule has 0 spiro atoms. The molecule has 2 nitrogen and oxygen atoms in total. The summed E-state index contributed by atoms with van der Waals surface area (Å²) in [7, 11) is 0. The highest BCUT2D eigenvalue weighted by atomic mass is 19.1. The van der Waals surface area contributed by atoms with Crippen LogP contribution in [0.2, 0.25) is 0 Å². The zero-order valence-corrected chi connectivity index (χ0v) is 12.9. The van der Waals surface area contributed by atoms with Crippen LogP contribution >= 0.6 is 0 Å². The molecule has 22 heavy (non-hydrogen) atoms. The Labute approximate surface area is 130 Å². The fourth-order valence-corrected chi connectivity index (χ4v) is 2.72. The van der Waals surface area contributed by atoms with Gasteiger partial charge in [0, 0.05) is 11.1 Å². The maximum Gasteiger partial charge on any atom is 0.131 e. The molecule has 0 amide bonds. The van der Waals surface area contributed by atoms with Crippen LogP contribution in [0.3, 0.4) is 0 Å². The Morgan fingerprint density at radius 3 is 2.23 bits per heavy atom. The first-order chi connectivity index (χ1) is 10.4. The van der Waals surface area contributed by atoms with E-state index in [-0.39, 0.29) is 5.82 Å². The monoisotopic (exact) mass is 294 g/mol. The van der Waals surface area contributed by atoms with E-state index in [1.54, 1.807) is 6.07 Å². The predicted molar refractivity (Wildman–Crippen MR) is 85.6 cm³/mol. The molecule has 0 aromatic heterocycles. The van der Waals surface area contributed by atoms with E-state index < -0.39 is 11.0 Å². The van der Waals surface area contributed by atoms with Crippen molar-refractivity contribution in [1.82, 2.24) is 0 Å². The van der Waals surface area contributed by atoms with E-state index in [4.69, 9.17) is 5.73 Å². The van der Waals surface area contributed by atoms with Crippen molar-refractivity contribution in [2.45, 2.75) is 37.6 Å². The molecule has 2 aromatic carbocycles. The van der Waals surface area contributed by atoms with E-state index in [0.29, 0.717) is 5.56 Å². The van der Waals surface area contributed by atoms with Gasteiger partial charge in [0.1, 0.15) is 5.82 Å². The third-order valence-corrected chi connectivity index (χ3v) is 4.43. The lowest BCUT2D eigenvalue weighted by molar-refractivity contribution is 0.554.